The highest BCUT2D eigenvalue weighted by Crippen LogP contribution is 2.46. The summed E-state index contributed by atoms with van der Waals surface area (Å²) in [4.78, 5) is 3.81. The molecule has 0 N–H and O–H groups in total. The van der Waals surface area contributed by atoms with Gasteiger partial charge in [0.15, 0.2) is 5.82 Å². The minimum atomic E-state index is -0.681. The number of fused-ring (bicyclic) bond motifs is 14. The van der Waals surface area contributed by atoms with Crippen LogP contribution in [0.1, 0.15) is 5.56 Å². The van der Waals surface area contributed by atoms with Gasteiger partial charge in [0.2, 0.25) is 5.69 Å². The largest absolute Gasteiger partial charge is 0.455 e. The molecule has 6 nitrogen and oxygen atoms in total. The zero-order valence-electron chi connectivity index (χ0n) is 26.6. The lowest BCUT2D eigenvalue weighted by Crippen LogP contribution is -2.07. The van der Waals surface area contributed by atoms with Crippen LogP contribution < -0.4 is 0 Å². The Bertz CT molecular complexity index is 3190. The molecule has 0 spiro atoms. The Labute approximate surface area is 287 Å². The van der Waals surface area contributed by atoms with Crippen molar-refractivity contribution in [2.75, 3.05) is 0 Å². The molecule has 0 aliphatic heterocycles. The quantitative estimate of drug-likeness (QED) is 0.174. The maximum atomic E-state index is 18.0. The van der Waals surface area contributed by atoms with Crippen LogP contribution in [-0.2, 0) is 0 Å². The summed E-state index contributed by atoms with van der Waals surface area (Å²) >= 11 is 0. The van der Waals surface area contributed by atoms with Gasteiger partial charge in [-0.3, -0.25) is 0 Å². The Kier molecular flexibility index (Phi) is 5.33. The molecule has 11 aromatic rings. The van der Waals surface area contributed by atoms with Crippen molar-refractivity contribution in [3.8, 4) is 17.4 Å². The Morgan fingerprint density at radius 3 is 1.53 bits per heavy atom. The highest BCUT2D eigenvalue weighted by molar-refractivity contribution is 6.25. The van der Waals surface area contributed by atoms with E-state index in [0.717, 1.165) is 54.3 Å². The summed E-state index contributed by atoms with van der Waals surface area (Å²) in [5.41, 5.74) is 5.92. The number of rotatable bonds is 2. The van der Waals surface area contributed by atoms with Crippen LogP contribution in [0.4, 0.5) is 10.1 Å². The van der Waals surface area contributed by atoms with Crippen molar-refractivity contribution >= 4 is 93.2 Å². The summed E-state index contributed by atoms with van der Waals surface area (Å²) in [7, 11) is 0. The van der Waals surface area contributed by atoms with E-state index < -0.39 is 5.82 Å². The number of nitrogens with zero attached hydrogens (tertiary/aromatic N) is 4. The monoisotopic (exact) mass is 656 g/mol. The molecule has 0 amide bonds. The van der Waals surface area contributed by atoms with Gasteiger partial charge in [-0.15, -0.1) is 0 Å². The molecule has 0 fully saturated rings. The average molecular weight is 657 g/mol. The van der Waals surface area contributed by atoms with Crippen LogP contribution in [0.15, 0.2) is 136 Å². The molecule has 4 heterocycles. The summed E-state index contributed by atoms with van der Waals surface area (Å²) in [5, 5.41) is 17.8. The third-order valence-corrected chi connectivity index (χ3v) is 10.2. The Hall–Kier alpha value is -7.35. The van der Waals surface area contributed by atoms with Crippen molar-refractivity contribution < 1.29 is 13.2 Å². The summed E-state index contributed by atoms with van der Waals surface area (Å²) in [6.07, 6.45) is 0. The number of hydrogen-bond acceptors (Lipinski definition) is 3. The van der Waals surface area contributed by atoms with Gasteiger partial charge in [0.05, 0.1) is 56.3 Å². The fourth-order valence-electron chi connectivity index (χ4n) is 8.17. The number of aromatic nitrogens is 2. The van der Waals surface area contributed by atoms with E-state index >= 15 is 4.39 Å². The van der Waals surface area contributed by atoms with Crippen LogP contribution in [0.2, 0.25) is 0 Å². The molecule has 0 saturated heterocycles. The van der Waals surface area contributed by atoms with E-state index in [-0.39, 0.29) is 22.6 Å². The van der Waals surface area contributed by atoms with Crippen molar-refractivity contribution in [1.82, 2.24) is 9.13 Å². The van der Waals surface area contributed by atoms with E-state index in [1.165, 1.54) is 6.07 Å². The van der Waals surface area contributed by atoms with Crippen molar-refractivity contribution in [3.63, 3.8) is 0 Å². The molecule has 0 bridgehead atoms. The van der Waals surface area contributed by atoms with Crippen molar-refractivity contribution in [1.29, 1.82) is 5.26 Å². The number of halogens is 1. The van der Waals surface area contributed by atoms with Gasteiger partial charge in [-0.05, 0) is 54.6 Å². The predicted molar refractivity (Wildman–Crippen MR) is 201 cm³/mol. The molecule has 0 saturated carbocycles. The number of para-hydroxylation sites is 4. The number of furan rings is 2. The molecule has 0 aliphatic rings. The van der Waals surface area contributed by atoms with Crippen LogP contribution in [-0.4, -0.2) is 9.13 Å². The molecular formula is C44H21FN4O2. The molecule has 4 aromatic heterocycles. The first-order valence-electron chi connectivity index (χ1n) is 16.5. The van der Waals surface area contributed by atoms with Gasteiger partial charge in [-0.25, -0.2) is 9.24 Å². The fourth-order valence-corrected chi connectivity index (χ4v) is 8.17. The lowest BCUT2D eigenvalue weighted by Gasteiger charge is -2.18. The molecule has 0 atom stereocenters. The first-order valence-corrected chi connectivity index (χ1v) is 16.5. The maximum Gasteiger partial charge on any atom is 0.215 e. The third-order valence-electron chi connectivity index (χ3n) is 10.2. The number of nitriles is 1. The van der Waals surface area contributed by atoms with Gasteiger partial charge in [-0.1, -0.05) is 72.8 Å². The van der Waals surface area contributed by atoms with Crippen molar-refractivity contribution in [2.24, 2.45) is 0 Å². The minimum Gasteiger partial charge on any atom is -0.455 e. The van der Waals surface area contributed by atoms with E-state index in [2.05, 4.69) is 10.9 Å². The zero-order chi connectivity index (χ0) is 34.0. The van der Waals surface area contributed by atoms with Crippen molar-refractivity contribution in [3.05, 3.63) is 150 Å². The molecule has 11 rings (SSSR count). The number of hydrogen-bond donors (Lipinski definition) is 0. The maximum absolute atomic E-state index is 18.0. The molecule has 0 aliphatic carbocycles. The van der Waals surface area contributed by atoms with Crippen LogP contribution in [0.5, 0.6) is 0 Å². The molecule has 7 heteroatoms. The minimum absolute atomic E-state index is 0.0283. The lowest BCUT2D eigenvalue weighted by atomic mass is 10.1. The molecular weight excluding hydrogens is 636 g/mol. The Morgan fingerprint density at radius 2 is 1.02 bits per heavy atom. The van der Waals surface area contributed by atoms with E-state index in [1.807, 2.05) is 121 Å². The fraction of sp³-hybridized carbons (Fsp3) is 0. The van der Waals surface area contributed by atoms with Gasteiger partial charge in [0, 0.05) is 32.3 Å². The van der Waals surface area contributed by atoms with E-state index in [4.69, 9.17) is 15.4 Å². The summed E-state index contributed by atoms with van der Waals surface area (Å²) < 4.78 is 34.5. The molecule has 0 radical (unpaired) electrons. The van der Waals surface area contributed by atoms with Gasteiger partial charge >= 0.3 is 0 Å². The first kappa shape index (κ1) is 27.6. The van der Waals surface area contributed by atoms with E-state index in [0.29, 0.717) is 33.2 Å². The summed E-state index contributed by atoms with van der Waals surface area (Å²) in [5.74, 6) is -0.681. The second-order valence-electron chi connectivity index (χ2n) is 12.8. The molecule has 0 unspecified atom stereocenters. The number of benzene rings is 7. The standard InChI is InChI=1S/C44H21FN4O2/c1-47-31-22-24(23-46)41(48-32-14-6-2-12-29(32)38-34(48)20-18-27-25-10-4-8-16-36(25)50-43(27)38)40(45)42(31)49-33-15-7-3-13-30(33)39-35(49)21-19-28-26-11-5-9-17-37(26)51-44(28)39/h2-22H. The lowest BCUT2D eigenvalue weighted by molar-refractivity contribution is 0.614. The van der Waals surface area contributed by atoms with Crippen LogP contribution >= 0.6 is 0 Å². The van der Waals surface area contributed by atoms with Gasteiger partial charge in [0.25, 0.3) is 0 Å². The molecule has 7 aromatic carbocycles. The summed E-state index contributed by atoms with van der Waals surface area (Å²) in [6.45, 7) is 8.22. The van der Waals surface area contributed by atoms with Crippen LogP contribution in [0.3, 0.4) is 0 Å². The van der Waals surface area contributed by atoms with E-state index in [1.54, 1.807) is 9.13 Å². The summed E-state index contributed by atoms with van der Waals surface area (Å²) in [6, 6.07) is 42.9. The highest BCUT2D eigenvalue weighted by Gasteiger charge is 2.28. The van der Waals surface area contributed by atoms with E-state index in [9.17, 15) is 5.26 Å². The predicted octanol–water partition coefficient (Wildman–Crippen LogP) is 12.2. The normalized spacial score (nSPS) is 12.0. The molecule has 51 heavy (non-hydrogen) atoms. The SMILES string of the molecule is [C-]#[N+]c1cc(C#N)c(-n2c3ccccc3c3c4oc5ccccc5c4ccc32)c(F)c1-n1c2ccccc2c2c3oc4ccccc4c3ccc21. The third kappa shape index (κ3) is 3.46. The Morgan fingerprint density at radius 1 is 0.549 bits per heavy atom. The van der Waals surface area contributed by atoms with Crippen LogP contribution in [0, 0.1) is 23.7 Å². The second kappa shape index (κ2) is 9.85. The van der Waals surface area contributed by atoms with Gasteiger partial charge in [-0.2, -0.15) is 5.26 Å². The Balaban J connectivity index is 1.30. The second-order valence-corrected chi connectivity index (χ2v) is 12.8. The molecule has 236 valence electrons. The topological polar surface area (TPSA) is 64.3 Å². The first-order chi connectivity index (χ1) is 25.2. The highest BCUT2D eigenvalue weighted by atomic mass is 19.1. The van der Waals surface area contributed by atoms with Gasteiger partial charge < -0.3 is 18.0 Å². The smallest absolute Gasteiger partial charge is 0.215 e. The average Bonchev–Trinajstić information content (AvgIpc) is 3.92. The zero-order valence-corrected chi connectivity index (χ0v) is 26.6. The van der Waals surface area contributed by atoms with Crippen molar-refractivity contribution in [2.45, 2.75) is 0 Å². The van der Waals surface area contributed by atoms with Crippen LogP contribution in [0.25, 0.3) is 104 Å². The van der Waals surface area contributed by atoms with Gasteiger partial charge in [0.1, 0.15) is 28.4 Å².